The molecule has 1 rings (SSSR count). The first kappa shape index (κ1) is 28.2. The average Bonchev–Trinajstić information content (AvgIpc) is 2.76. The zero-order chi connectivity index (χ0) is 22.4. The standard InChI is InChI=1S/C30H55N/c1-4-6-8-10-12-14-16-18-20-25-31(28-30-24-22-23-29(3)27-30)26-21-19-17-15-13-11-9-7-5-2/h22-24,27H,4-21,25-26,28H2,1-3H3. The van der Waals surface area contributed by atoms with E-state index in [1.54, 1.807) is 0 Å². The molecule has 0 heterocycles. The Morgan fingerprint density at radius 2 is 0.968 bits per heavy atom. The molecule has 1 nitrogen and oxygen atoms in total. The number of hydrogen-bond donors (Lipinski definition) is 0. The monoisotopic (exact) mass is 429 g/mol. The van der Waals surface area contributed by atoms with Crippen LogP contribution in [0.4, 0.5) is 0 Å². The number of unbranched alkanes of at least 4 members (excludes halogenated alkanes) is 16. The lowest BCUT2D eigenvalue weighted by atomic mass is 10.1. The fourth-order valence-electron chi connectivity index (χ4n) is 4.63. The van der Waals surface area contributed by atoms with E-state index in [-0.39, 0.29) is 0 Å². The van der Waals surface area contributed by atoms with Crippen LogP contribution in [-0.2, 0) is 6.54 Å². The summed E-state index contributed by atoms with van der Waals surface area (Å²) in [5.74, 6) is 0. The molecule has 0 fully saturated rings. The maximum Gasteiger partial charge on any atom is 0.0233 e. The molecule has 31 heavy (non-hydrogen) atoms. The molecule has 0 amide bonds. The summed E-state index contributed by atoms with van der Waals surface area (Å²) in [5, 5.41) is 0. The van der Waals surface area contributed by atoms with Gasteiger partial charge in [0.05, 0.1) is 0 Å². The van der Waals surface area contributed by atoms with Gasteiger partial charge < -0.3 is 0 Å². The summed E-state index contributed by atoms with van der Waals surface area (Å²) in [5.41, 5.74) is 2.88. The van der Waals surface area contributed by atoms with Crippen molar-refractivity contribution < 1.29 is 0 Å². The molecule has 1 aromatic carbocycles. The predicted molar refractivity (Wildman–Crippen MR) is 141 cm³/mol. The molecule has 0 spiro atoms. The molecule has 0 aromatic heterocycles. The Labute approximate surface area is 196 Å². The smallest absolute Gasteiger partial charge is 0.0233 e. The molecule has 1 heteroatoms. The molecule has 0 aliphatic rings. The van der Waals surface area contributed by atoms with Crippen molar-refractivity contribution in [2.24, 2.45) is 0 Å². The van der Waals surface area contributed by atoms with Gasteiger partial charge in [-0.1, -0.05) is 146 Å². The molecule has 0 atom stereocenters. The van der Waals surface area contributed by atoms with Gasteiger partial charge >= 0.3 is 0 Å². The van der Waals surface area contributed by atoms with Crippen LogP contribution in [0.3, 0.4) is 0 Å². The second kappa shape index (κ2) is 21.0. The third-order valence-electron chi connectivity index (χ3n) is 6.64. The highest BCUT2D eigenvalue weighted by atomic mass is 15.1. The van der Waals surface area contributed by atoms with Crippen LogP contribution in [0.1, 0.15) is 141 Å². The molecule has 0 unspecified atom stereocenters. The summed E-state index contributed by atoms with van der Waals surface area (Å²) < 4.78 is 0. The maximum absolute atomic E-state index is 2.73. The summed E-state index contributed by atoms with van der Waals surface area (Å²) >= 11 is 0. The van der Waals surface area contributed by atoms with E-state index in [4.69, 9.17) is 0 Å². The molecule has 0 aliphatic carbocycles. The number of nitrogens with zero attached hydrogens (tertiary/aromatic N) is 1. The van der Waals surface area contributed by atoms with Gasteiger partial charge in [0.1, 0.15) is 0 Å². The van der Waals surface area contributed by atoms with Crippen LogP contribution in [0, 0.1) is 6.92 Å². The van der Waals surface area contributed by atoms with Crippen LogP contribution in [0.5, 0.6) is 0 Å². The molecular weight excluding hydrogens is 374 g/mol. The summed E-state index contributed by atoms with van der Waals surface area (Å²) in [6, 6.07) is 9.13. The highest BCUT2D eigenvalue weighted by Gasteiger charge is 2.06. The fourth-order valence-corrected chi connectivity index (χ4v) is 4.63. The van der Waals surface area contributed by atoms with E-state index in [2.05, 4.69) is 49.9 Å². The maximum atomic E-state index is 2.73. The van der Waals surface area contributed by atoms with Crippen molar-refractivity contribution in [3.8, 4) is 0 Å². The Balaban J connectivity index is 2.21. The van der Waals surface area contributed by atoms with E-state index >= 15 is 0 Å². The van der Waals surface area contributed by atoms with E-state index < -0.39 is 0 Å². The number of rotatable bonds is 22. The number of benzene rings is 1. The lowest BCUT2D eigenvalue weighted by molar-refractivity contribution is 0.252. The van der Waals surface area contributed by atoms with E-state index in [1.165, 1.54) is 140 Å². The second-order valence-corrected chi connectivity index (χ2v) is 9.92. The first-order chi connectivity index (χ1) is 15.3. The summed E-state index contributed by atoms with van der Waals surface area (Å²) in [6.07, 6.45) is 25.6. The summed E-state index contributed by atoms with van der Waals surface area (Å²) in [7, 11) is 0. The van der Waals surface area contributed by atoms with Gasteiger partial charge in [0.15, 0.2) is 0 Å². The predicted octanol–water partition coefficient (Wildman–Crippen LogP) is 9.86. The van der Waals surface area contributed by atoms with Gasteiger partial charge in [0, 0.05) is 6.54 Å². The Kier molecular flexibility index (Phi) is 19.2. The van der Waals surface area contributed by atoms with Gasteiger partial charge in [-0.15, -0.1) is 0 Å². The lowest BCUT2D eigenvalue weighted by Gasteiger charge is -2.23. The minimum absolute atomic E-state index is 1.13. The second-order valence-electron chi connectivity index (χ2n) is 9.92. The average molecular weight is 430 g/mol. The quantitative estimate of drug-likeness (QED) is 0.166. The SMILES string of the molecule is CCCCCCCCCCCN(CCCCCCCCCCC)Cc1cccc(C)c1. The minimum atomic E-state index is 1.13. The minimum Gasteiger partial charge on any atom is -0.299 e. The molecule has 0 aliphatic heterocycles. The van der Waals surface area contributed by atoms with Crippen molar-refractivity contribution in [2.45, 2.75) is 143 Å². The topological polar surface area (TPSA) is 3.24 Å². The van der Waals surface area contributed by atoms with Crippen LogP contribution in [0.15, 0.2) is 24.3 Å². The number of hydrogen-bond acceptors (Lipinski definition) is 1. The van der Waals surface area contributed by atoms with Gasteiger partial charge in [0.25, 0.3) is 0 Å². The third kappa shape index (κ3) is 17.4. The third-order valence-corrected chi connectivity index (χ3v) is 6.64. The van der Waals surface area contributed by atoms with Gasteiger partial charge in [-0.3, -0.25) is 4.90 Å². The van der Waals surface area contributed by atoms with Crippen molar-refractivity contribution >= 4 is 0 Å². The molecule has 0 saturated heterocycles. The Morgan fingerprint density at radius 3 is 1.39 bits per heavy atom. The summed E-state index contributed by atoms with van der Waals surface area (Å²) in [4.78, 5) is 2.73. The van der Waals surface area contributed by atoms with Crippen LogP contribution in [0.2, 0.25) is 0 Å². The van der Waals surface area contributed by atoms with Crippen LogP contribution in [0.25, 0.3) is 0 Å². The van der Waals surface area contributed by atoms with Crippen LogP contribution in [-0.4, -0.2) is 18.0 Å². The Morgan fingerprint density at radius 1 is 0.548 bits per heavy atom. The van der Waals surface area contributed by atoms with Gasteiger partial charge in [-0.25, -0.2) is 0 Å². The first-order valence-corrected chi connectivity index (χ1v) is 14.0. The largest absolute Gasteiger partial charge is 0.299 e. The normalized spacial score (nSPS) is 11.5. The zero-order valence-electron chi connectivity index (χ0n) is 21.6. The van der Waals surface area contributed by atoms with Crippen LogP contribution >= 0.6 is 0 Å². The molecule has 0 N–H and O–H groups in total. The molecular formula is C30H55N. The fraction of sp³-hybridized carbons (Fsp3) is 0.800. The van der Waals surface area contributed by atoms with E-state index in [9.17, 15) is 0 Å². The van der Waals surface area contributed by atoms with E-state index in [1.807, 2.05) is 0 Å². The molecule has 0 saturated carbocycles. The zero-order valence-corrected chi connectivity index (χ0v) is 21.6. The van der Waals surface area contributed by atoms with Gasteiger partial charge in [-0.2, -0.15) is 0 Å². The summed E-state index contributed by atoms with van der Waals surface area (Å²) in [6.45, 7) is 10.5. The first-order valence-electron chi connectivity index (χ1n) is 14.0. The van der Waals surface area contributed by atoms with Crippen molar-refractivity contribution in [3.63, 3.8) is 0 Å². The Bertz CT molecular complexity index is 473. The van der Waals surface area contributed by atoms with Crippen molar-refractivity contribution in [1.29, 1.82) is 0 Å². The highest BCUT2D eigenvalue weighted by Crippen LogP contribution is 2.14. The van der Waals surface area contributed by atoms with E-state index in [0.29, 0.717) is 0 Å². The molecule has 0 radical (unpaired) electrons. The van der Waals surface area contributed by atoms with Crippen molar-refractivity contribution in [2.75, 3.05) is 13.1 Å². The van der Waals surface area contributed by atoms with Crippen LogP contribution < -0.4 is 0 Å². The van der Waals surface area contributed by atoms with Gasteiger partial charge in [0.2, 0.25) is 0 Å². The van der Waals surface area contributed by atoms with E-state index in [0.717, 1.165) is 6.54 Å². The number of aryl methyl sites for hydroxylation is 1. The lowest BCUT2D eigenvalue weighted by Crippen LogP contribution is -2.25. The highest BCUT2D eigenvalue weighted by molar-refractivity contribution is 5.22. The van der Waals surface area contributed by atoms with Crippen molar-refractivity contribution in [3.05, 3.63) is 35.4 Å². The molecule has 180 valence electrons. The van der Waals surface area contributed by atoms with Crippen molar-refractivity contribution in [1.82, 2.24) is 4.90 Å². The molecule has 0 bridgehead atoms. The van der Waals surface area contributed by atoms with Gasteiger partial charge in [-0.05, 0) is 38.4 Å². The Hall–Kier alpha value is -0.820. The molecule has 1 aromatic rings.